The van der Waals surface area contributed by atoms with Crippen LogP contribution in [0.4, 0.5) is 11.5 Å². The van der Waals surface area contributed by atoms with Gasteiger partial charge in [0.05, 0.1) is 10.1 Å². The normalized spacial score (nSPS) is 12.2. The minimum Gasteiger partial charge on any atom is -0.325 e. The van der Waals surface area contributed by atoms with Crippen LogP contribution in [0.2, 0.25) is 5.02 Å². The van der Waals surface area contributed by atoms with E-state index in [1.807, 2.05) is 12.1 Å². The highest BCUT2D eigenvalue weighted by Gasteiger charge is 2.17. The summed E-state index contributed by atoms with van der Waals surface area (Å²) in [5.41, 5.74) is 0.510. The third kappa shape index (κ3) is 5.96. The molecule has 3 aromatic rings. The van der Waals surface area contributed by atoms with Crippen molar-refractivity contribution < 1.29 is 13.2 Å². The number of benzene rings is 2. The number of sulfonamides is 1. The highest BCUT2D eigenvalue weighted by atomic mass is 35.5. The standard InChI is InChI=1S/C20H18ClN3O3S2/c1-14(28-17-9-5-15(21)6-10-17)20(25)23-16-7-11-18(12-8-16)29(26,27)24-19-4-2-3-13-22-19/h2-14H,1H3,(H,22,24)(H,23,25)/t14-/m1/s1. The number of amides is 1. The Morgan fingerprint density at radius 3 is 2.34 bits per heavy atom. The molecule has 29 heavy (non-hydrogen) atoms. The lowest BCUT2D eigenvalue weighted by molar-refractivity contribution is -0.115. The van der Waals surface area contributed by atoms with E-state index in [1.165, 1.54) is 30.1 Å². The van der Waals surface area contributed by atoms with Crippen LogP contribution in [0, 0.1) is 0 Å². The first-order valence-corrected chi connectivity index (χ1v) is 11.3. The molecular weight excluding hydrogens is 430 g/mol. The predicted molar refractivity (Wildman–Crippen MR) is 117 cm³/mol. The molecule has 0 unspecified atom stereocenters. The largest absolute Gasteiger partial charge is 0.325 e. The Hall–Kier alpha value is -2.55. The SMILES string of the molecule is C[C@@H](Sc1ccc(Cl)cc1)C(=O)Nc1ccc(S(=O)(=O)Nc2ccccn2)cc1. The number of carbonyl (C=O) groups is 1. The average molecular weight is 448 g/mol. The third-order valence-electron chi connectivity index (χ3n) is 3.83. The maximum atomic E-state index is 12.4. The first-order chi connectivity index (χ1) is 13.8. The third-order valence-corrected chi connectivity index (χ3v) is 6.57. The van der Waals surface area contributed by atoms with Crippen LogP contribution in [0.25, 0.3) is 0 Å². The van der Waals surface area contributed by atoms with Crippen molar-refractivity contribution in [3.05, 3.63) is 77.9 Å². The Kier molecular flexibility index (Phi) is 6.79. The molecule has 1 atom stereocenters. The molecule has 3 rings (SSSR count). The van der Waals surface area contributed by atoms with Crippen molar-refractivity contribution in [3.8, 4) is 0 Å². The summed E-state index contributed by atoms with van der Waals surface area (Å²) in [5.74, 6) is 0.0464. The van der Waals surface area contributed by atoms with E-state index in [4.69, 9.17) is 11.6 Å². The van der Waals surface area contributed by atoms with E-state index in [0.717, 1.165) is 4.90 Å². The van der Waals surface area contributed by atoms with Crippen molar-refractivity contribution in [2.45, 2.75) is 22.0 Å². The molecule has 0 saturated heterocycles. The van der Waals surface area contributed by atoms with Gasteiger partial charge in [-0.25, -0.2) is 13.4 Å². The number of hydrogen-bond acceptors (Lipinski definition) is 5. The molecule has 0 fully saturated rings. The lowest BCUT2D eigenvalue weighted by atomic mass is 10.3. The van der Waals surface area contributed by atoms with Crippen LogP contribution in [-0.4, -0.2) is 24.6 Å². The molecule has 0 aliphatic rings. The van der Waals surface area contributed by atoms with E-state index >= 15 is 0 Å². The second kappa shape index (κ2) is 9.30. The van der Waals surface area contributed by atoms with Crippen LogP contribution in [0.5, 0.6) is 0 Å². The summed E-state index contributed by atoms with van der Waals surface area (Å²) in [7, 11) is -3.76. The molecule has 9 heteroatoms. The number of thioether (sulfide) groups is 1. The van der Waals surface area contributed by atoms with Gasteiger partial charge in [0, 0.05) is 21.8 Å². The minimum absolute atomic E-state index is 0.0738. The van der Waals surface area contributed by atoms with Crippen molar-refractivity contribution >= 4 is 50.8 Å². The summed E-state index contributed by atoms with van der Waals surface area (Å²) in [6.07, 6.45) is 1.50. The van der Waals surface area contributed by atoms with Gasteiger partial charge in [0.15, 0.2) is 0 Å². The number of nitrogens with one attached hydrogen (secondary N) is 2. The van der Waals surface area contributed by atoms with Gasteiger partial charge in [0.1, 0.15) is 5.82 Å². The monoisotopic (exact) mass is 447 g/mol. The number of halogens is 1. The zero-order valence-electron chi connectivity index (χ0n) is 15.4. The number of anilines is 2. The first-order valence-electron chi connectivity index (χ1n) is 8.60. The van der Waals surface area contributed by atoms with Crippen LogP contribution in [-0.2, 0) is 14.8 Å². The van der Waals surface area contributed by atoms with Gasteiger partial charge in [-0.3, -0.25) is 9.52 Å². The van der Waals surface area contributed by atoms with Gasteiger partial charge in [0.25, 0.3) is 10.0 Å². The van der Waals surface area contributed by atoms with E-state index in [2.05, 4.69) is 15.0 Å². The molecule has 1 heterocycles. The number of rotatable bonds is 7. The van der Waals surface area contributed by atoms with Crippen molar-refractivity contribution in [1.82, 2.24) is 4.98 Å². The molecule has 0 aliphatic heterocycles. The zero-order chi connectivity index (χ0) is 20.9. The van der Waals surface area contributed by atoms with E-state index in [1.54, 1.807) is 49.4 Å². The maximum Gasteiger partial charge on any atom is 0.263 e. The molecule has 0 bridgehead atoms. The summed E-state index contributed by atoms with van der Waals surface area (Å²) >= 11 is 7.27. The van der Waals surface area contributed by atoms with Crippen LogP contribution in [0.3, 0.4) is 0 Å². The van der Waals surface area contributed by atoms with Crippen molar-refractivity contribution in [2.75, 3.05) is 10.0 Å². The number of carbonyl (C=O) groups excluding carboxylic acids is 1. The predicted octanol–water partition coefficient (Wildman–Crippen LogP) is 4.66. The Morgan fingerprint density at radius 1 is 1.03 bits per heavy atom. The lowest BCUT2D eigenvalue weighted by Gasteiger charge is -2.13. The molecular formula is C20H18ClN3O3S2. The number of aromatic nitrogens is 1. The Bertz CT molecular complexity index is 1070. The first kappa shape index (κ1) is 21.2. The highest BCUT2D eigenvalue weighted by Crippen LogP contribution is 2.26. The van der Waals surface area contributed by atoms with Gasteiger partial charge in [-0.15, -0.1) is 11.8 Å². The zero-order valence-corrected chi connectivity index (χ0v) is 17.8. The number of hydrogen-bond donors (Lipinski definition) is 2. The Labute approximate surface area is 178 Å². The highest BCUT2D eigenvalue weighted by molar-refractivity contribution is 8.00. The van der Waals surface area contributed by atoms with Gasteiger partial charge in [-0.2, -0.15) is 0 Å². The fourth-order valence-corrected chi connectivity index (χ4v) is 4.35. The lowest BCUT2D eigenvalue weighted by Crippen LogP contribution is -2.22. The van der Waals surface area contributed by atoms with Crippen LogP contribution in [0.15, 0.2) is 82.7 Å². The van der Waals surface area contributed by atoms with E-state index in [0.29, 0.717) is 10.7 Å². The molecule has 1 aromatic heterocycles. The molecule has 0 saturated carbocycles. The molecule has 1 amide bonds. The summed E-state index contributed by atoms with van der Waals surface area (Å²) in [5, 5.41) is 3.08. The van der Waals surface area contributed by atoms with Crippen LogP contribution in [0.1, 0.15) is 6.92 Å². The van der Waals surface area contributed by atoms with Gasteiger partial charge in [0.2, 0.25) is 5.91 Å². The fourth-order valence-electron chi connectivity index (χ4n) is 2.35. The minimum atomic E-state index is -3.76. The molecule has 6 nitrogen and oxygen atoms in total. The molecule has 0 radical (unpaired) electrons. The van der Waals surface area contributed by atoms with Crippen LogP contribution < -0.4 is 10.0 Å². The van der Waals surface area contributed by atoms with Crippen molar-refractivity contribution in [1.29, 1.82) is 0 Å². The van der Waals surface area contributed by atoms with Crippen molar-refractivity contribution in [2.24, 2.45) is 0 Å². The Balaban J connectivity index is 1.62. The van der Waals surface area contributed by atoms with E-state index < -0.39 is 10.0 Å². The summed E-state index contributed by atoms with van der Waals surface area (Å²) in [4.78, 5) is 17.4. The second-order valence-electron chi connectivity index (χ2n) is 6.05. The second-order valence-corrected chi connectivity index (χ2v) is 9.58. The van der Waals surface area contributed by atoms with Gasteiger partial charge in [-0.05, 0) is 67.6 Å². The average Bonchev–Trinajstić information content (AvgIpc) is 2.70. The quantitative estimate of drug-likeness (QED) is 0.514. The van der Waals surface area contributed by atoms with Crippen molar-refractivity contribution in [3.63, 3.8) is 0 Å². The molecule has 0 aliphatic carbocycles. The molecule has 2 N–H and O–H groups in total. The summed E-state index contributed by atoms with van der Waals surface area (Å²) < 4.78 is 27.2. The van der Waals surface area contributed by atoms with E-state index in [9.17, 15) is 13.2 Å². The smallest absolute Gasteiger partial charge is 0.263 e. The Morgan fingerprint density at radius 2 is 1.72 bits per heavy atom. The number of pyridine rings is 1. The summed E-state index contributed by atoms with van der Waals surface area (Å²) in [6.45, 7) is 1.80. The van der Waals surface area contributed by atoms with E-state index in [-0.39, 0.29) is 21.9 Å². The molecule has 2 aromatic carbocycles. The van der Waals surface area contributed by atoms with Gasteiger partial charge in [-0.1, -0.05) is 17.7 Å². The molecule has 0 spiro atoms. The maximum absolute atomic E-state index is 12.4. The molecule has 150 valence electrons. The summed E-state index contributed by atoms with van der Waals surface area (Å²) in [6, 6.07) is 18.1. The number of nitrogens with zero attached hydrogens (tertiary/aromatic N) is 1. The topological polar surface area (TPSA) is 88.2 Å². The van der Waals surface area contributed by atoms with Gasteiger partial charge < -0.3 is 5.32 Å². The fraction of sp³-hybridized carbons (Fsp3) is 0.100. The van der Waals surface area contributed by atoms with Gasteiger partial charge >= 0.3 is 0 Å². The van der Waals surface area contributed by atoms with Crippen LogP contribution >= 0.6 is 23.4 Å².